The fourth-order valence-corrected chi connectivity index (χ4v) is 3.97. The van der Waals surface area contributed by atoms with Gasteiger partial charge in [0, 0.05) is 50.8 Å². The Kier molecular flexibility index (Phi) is 11.1. The normalized spacial score (nSPS) is 19.3. The third kappa shape index (κ3) is 9.51. The second-order valence-corrected chi connectivity index (χ2v) is 9.51. The van der Waals surface area contributed by atoms with Crippen LogP contribution in [0.4, 0.5) is 5.69 Å². The van der Waals surface area contributed by atoms with Crippen molar-refractivity contribution in [2.75, 3.05) is 32.8 Å². The van der Waals surface area contributed by atoms with Crippen molar-refractivity contribution in [2.45, 2.75) is 59.2 Å². The largest absolute Gasteiger partial charge is 0.491 e. The van der Waals surface area contributed by atoms with Crippen LogP contribution in [0, 0.1) is 21.4 Å². The van der Waals surface area contributed by atoms with Crippen molar-refractivity contribution in [2.24, 2.45) is 0 Å². The van der Waals surface area contributed by atoms with Crippen molar-refractivity contribution >= 4 is 27.6 Å². The predicted molar refractivity (Wildman–Crippen MR) is 125 cm³/mol. The second kappa shape index (κ2) is 12.7. The molecule has 1 aliphatic heterocycles. The topological polar surface area (TPSA) is 109 Å². The number of piperazine rings is 1. The molecule has 0 unspecified atom stereocenters. The van der Waals surface area contributed by atoms with E-state index in [2.05, 4.69) is 39.6 Å². The lowest BCUT2D eigenvalue weighted by atomic mass is 10.1. The number of hydrogen-bond donors (Lipinski definition) is 0. The zero-order chi connectivity index (χ0) is 24.5. The van der Waals surface area contributed by atoms with E-state index in [1.807, 2.05) is 20.8 Å². The van der Waals surface area contributed by atoms with Gasteiger partial charge >= 0.3 is 5.97 Å². The van der Waals surface area contributed by atoms with Crippen molar-refractivity contribution in [3.05, 3.63) is 32.8 Å². The minimum Gasteiger partial charge on any atom is -0.491 e. The Hall–Kier alpha value is -2.22. The summed E-state index contributed by atoms with van der Waals surface area (Å²) in [5.74, 6) is 0.385. The molecule has 0 bridgehead atoms. The molecule has 10 heteroatoms. The lowest BCUT2D eigenvalue weighted by Crippen LogP contribution is -2.58. The fourth-order valence-electron chi connectivity index (χ4n) is 3.49. The average molecular weight is 513 g/mol. The van der Waals surface area contributed by atoms with Gasteiger partial charge in [-0.1, -0.05) is 0 Å². The number of esters is 1. The summed E-state index contributed by atoms with van der Waals surface area (Å²) in [7, 11) is 0. The molecule has 2 atom stereocenters. The highest BCUT2D eigenvalue weighted by Crippen LogP contribution is 2.29. The van der Waals surface area contributed by atoms with Gasteiger partial charge < -0.3 is 9.47 Å². The van der Waals surface area contributed by atoms with Crippen molar-refractivity contribution in [3.8, 4) is 11.8 Å². The van der Waals surface area contributed by atoms with E-state index in [1.165, 1.54) is 19.1 Å². The van der Waals surface area contributed by atoms with E-state index >= 15 is 0 Å². The van der Waals surface area contributed by atoms with Crippen LogP contribution >= 0.6 is 15.9 Å². The van der Waals surface area contributed by atoms with Gasteiger partial charge in [0.1, 0.15) is 18.0 Å². The maximum Gasteiger partial charge on any atom is 0.320 e. The van der Waals surface area contributed by atoms with Crippen LogP contribution in [0.1, 0.15) is 41.5 Å². The summed E-state index contributed by atoms with van der Waals surface area (Å²) >= 11 is 3.32. The molecular formula is C22H33BrN4O5. The Morgan fingerprint density at radius 3 is 2.34 bits per heavy atom. The Bertz CT molecular complexity index is 810. The highest BCUT2D eigenvalue weighted by atomic mass is 79.9. The van der Waals surface area contributed by atoms with Gasteiger partial charge in [-0.25, -0.2) is 0 Å². The molecule has 0 radical (unpaired) electrons. The third-order valence-electron chi connectivity index (χ3n) is 4.70. The van der Waals surface area contributed by atoms with Crippen LogP contribution in [0.5, 0.6) is 5.75 Å². The van der Waals surface area contributed by atoms with Crippen LogP contribution in [0.2, 0.25) is 0 Å². The van der Waals surface area contributed by atoms with Crippen molar-refractivity contribution in [1.29, 1.82) is 5.26 Å². The standard InChI is InChI=1S/C20H30BrN3O5.C2H3N/c1-14-11-22(12-15(2)23(14)13-19(25)29-20(3,4)5)8-9-28-18-7-6-16(24(26)27)10-17(18)21;1-2-3/h6-7,10,14-15H,8-9,11-13H2,1-5H3;1H3/t14-,15+;. The van der Waals surface area contributed by atoms with E-state index in [-0.39, 0.29) is 23.7 Å². The zero-order valence-electron chi connectivity index (χ0n) is 19.6. The summed E-state index contributed by atoms with van der Waals surface area (Å²) in [5, 5.41) is 18.1. The van der Waals surface area contributed by atoms with Crippen LogP contribution in [-0.4, -0.2) is 71.2 Å². The SMILES string of the molecule is CC#N.C[C@@H]1CN(CCOc2ccc([N+](=O)[O-])cc2Br)C[C@H](C)N1CC(=O)OC(C)(C)C. The maximum atomic E-state index is 12.2. The zero-order valence-corrected chi connectivity index (χ0v) is 21.2. The van der Waals surface area contributed by atoms with E-state index in [1.54, 1.807) is 12.1 Å². The lowest BCUT2D eigenvalue weighted by molar-refractivity contribution is -0.385. The number of nitrogens with zero attached hydrogens (tertiary/aromatic N) is 4. The van der Waals surface area contributed by atoms with Gasteiger partial charge in [0.2, 0.25) is 0 Å². The number of rotatable bonds is 7. The van der Waals surface area contributed by atoms with Crippen LogP contribution < -0.4 is 4.74 Å². The van der Waals surface area contributed by atoms with E-state index < -0.39 is 10.5 Å². The van der Waals surface area contributed by atoms with Gasteiger partial charge in [-0.3, -0.25) is 24.7 Å². The quantitative estimate of drug-likeness (QED) is 0.306. The molecule has 1 aromatic carbocycles. The average Bonchev–Trinajstić information content (AvgIpc) is 2.65. The number of nitro groups is 1. The summed E-state index contributed by atoms with van der Waals surface area (Å²) in [6.45, 7) is 14.4. The molecule has 0 amide bonds. The van der Waals surface area contributed by atoms with Crippen LogP contribution in [0.15, 0.2) is 22.7 Å². The van der Waals surface area contributed by atoms with E-state index in [9.17, 15) is 14.9 Å². The molecule has 0 aliphatic carbocycles. The molecule has 0 saturated carbocycles. The minimum absolute atomic E-state index is 0.0213. The fraction of sp³-hybridized carbons (Fsp3) is 0.636. The monoisotopic (exact) mass is 512 g/mol. The molecule has 1 fully saturated rings. The number of carbonyl (C=O) groups excluding carboxylic acids is 1. The van der Waals surface area contributed by atoms with Gasteiger partial charge in [0.15, 0.2) is 0 Å². The molecule has 0 aromatic heterocycles. The lowest BCUT2D eigenvalue weighted by Gasteiger charge is -2.44. The molecule has 32 heavy (non-hydrogen) atoms. The van der Waals surface area contributed by atoms with E-state index in [0.29, 0.717) is 23.4 Å². The van der Waals surface area contributed by atoms with Crippen LogP contribution in [-0.2, 0) is 9.53 Å². The molecule has 2 rings (SSSR count). The summed E-state index contributed by atoms with van der Waals surface area (Å²) in [4.78, 5) is 27.0. The van der Waals surface area contributed by atoms with Crippen LogP contribution in [0.25, 0.3) is 0 Å². The molecule has 1 saturated heterocycles. The van der Waals surface area contributed by atoms with E-state index in [0.717, 1.165) is 19.6 Å². The number of non-ortho nitro benzene ring substituents is 1. The predicted octanol–water partition coefficient (Wildman–Crippen LogP) is 4.00. The molecular weight excluding hydrogens is 480 g/mol. The van der Waals surface area contributed by atoms with Gasteiger partial charge in [-0.15, -0.1) is 0 Å². The first-order valence-corrected chi connectivity index (χ1v) is 11.2. The summed E-state index contributed by atoms with van der Waals surface area (Å²) in [6, 6.07) is 6.66. The smallest absolute Gasteiger partial charge is 0.320 e. The number of carbonyl (C=O) groups is 1. The third-order valence-corrected chi connectivity index (χ3v) is 5.32. The molecule has 0 N–H and O–H groups in total. The maximum absolute atomic E-state index is 12.2. The summed E-state index contributed by atoms with van der Waals surface area (Å²) < 4.78 is 11.8. The second-order valence-electron chi connectivity index (χ2n) is 8.66. The van der Waals surface area contributed by atoms with Gasteiger partial charge in [-0.2, -0.15) is 5.26 Å². The Labute approximate surface area is 198 Å². The van der Waals surface area contributed by atoms with Crippen LogP contribution in [0.3, 0.4) is 0 Å². The molecule has 1 aliphatic rings. The number of hydrogen-bond acceptors (Lipinski definition) is 8. The van der Waals surface area contributed by atoms with Gasteiger partial charge in [0.25, 0.3) is 5.69 Å². The highest BCUT2D eigenvalue weighted by Gasteiger charge is 2.31. The van der Waals surface area contributed by atoms with Crippen molar-refractivity contribution in [3.63, 3.8) is 0 Å². The van der Waals surface area contributed by atoms with Gasteiger partial charge in [-0.05, 0) is 56.6 Å². The Morgan fingerprint density at radius 2 is 1.88 bits per heavy atom. The Balaban J connectivity index is 0.00000161. The van der Waals surface area contributed by atoms with Crippen molar-refractivity contribution in [1.82, 2.24) is 9.80 Å². The number of nitriles is 1. The number of nitro benzene ring substituents is 1. The van der Waals surface area contributed by atoms with Gasteiger partial charge in [0.05, 0.1) is 22.0 Å². The first kappa shape index (κ1) is 27.8. The number of ether oxygens (including phenoxy) is 2. The molecule has 1 heterocycles. The molecule has 178 valence electrons. The Morgan fingerprint density at radius 1 is 1.31 bits per heavy atom. The number of benzene rings is 1. The minimum atomic E-state index is -0.477. The first-order chi connectivity index (χ1) is 14.9. The summed E-state index contributed by atoms with van der Waals surface area (Å²) in [6.07, 6.45) is 0. The number of halogens is 1. The molecule has 1 aromatic rings. The highest BCUT2D eigenvalue weighted by molar-refractivity contribution is 9.10. The molecule has 0 spiro atoms. The van der Waals surface area contributed by atoms with E-state index in [4.69, 9.17) is 14.7 Å². The molecule has 9 nitrogen and oxygen atoms in total. The van der Waals surface area contributed by atoms with Crippen molar-refractivity contribution < 1.29 is 19.2 Å². The summed E-state index contributed by atoms with van der Waals surface area (Å²) in [5.41, 5.74) is -0.456. The first-order valence-electron chi connectivity index (χ1n) is 10.5.